The molecule has 3 aromatic rings. The van der Waals surface area contributed by atoms with Gasteiger partial charge in [-0.3, -0.25) is 4.79 Å². The van der Waals surface area contributed by atoms with E-state index in [1.807, 2.05) is 37.3 Å². The highest BCUT2D eigenvalue weighted by Gasteiger charge is 2.17. The summed E-state index contributed by atoms with van der Waals surface area (Å²) in [6, 6.07) is 13.1. The van der Waals surface area contributed by atoms with Crippen molar-refractivity contribution in [1.82, 2.24) is 20.3 Å². The van der Waals surface area contributed by atoms with Gasteiger partial charge in [0.15, 0.2) is 11.6 Å². The SMILES string of the molecule is Cc1nn(-c2ccccc2)nc1CNC(=O)C(C)Sc1ccc(F)c(F)c1. The number of benzene rings is 2. The van der Waals surface area contributed by atoms with Gasteiger partial charge in [-0.1, -0.05) is 18.2 Å². The molecule has 8 heteroatoms. The minimum Gasteiger partial charge on any atom is -0.349 e. The van der Waals surface area contributed by atoms with E-state index in [1.54, 1.807) is 6.92 Å². The minimum atomic E-state index is -0.930. The summed E-state index contributed by atoms with van der Waals surface area (Å²) < 4.78 is 26.3. The molecule has 0 aliphatic rings. The average molecular weight is 388 g/mol. The van der Waals surface area contributed by atoms with Gasteiger partial charge < -0.3 is 5.32 Å². The third-order valence-corrected chi connectivity index (χ3v) is 4.96. The first-order valence-corrected chi connectivity index (χ1v) is 9.19. The number of hydrogen-bond donors (Lipinski definition) is 1. The Morgan fingerprint density at radius 2 is 1.89 bits per heavy atom. The summed E-state index contributed by atoms with van der Waals surface area (Å²) in [7, 11) is 0. The van der Waals surface area contributed by atoms with Crippen LogP contribution in [0.5, 0.6) is 0 Å². The topological polar surface area (TPSA) is 59.8 Å². The molecule has 1 heterocycles. The highest BCUT2D eigenvalue weighted by atomic mass is 32.2. The fourth-order valence-corrected chi connectivity index (χ4v) is 3.29. The quantitative estimate of drug-likeness (QED) is 0.655. The van der Waals surface area contributed by atoms with Gasteiger partial charge in [0.2, 0.25) is 5.91 Å². The lowest BCUT2D eigenvalue weighted by Crippen LogP contribution is -2.30. The Morgan fingerprint density at radius 1 is 1.15 bits per heavy atom. The van der Waals surface area contributed by atoms with E-state index >= 15 is 0 Å². The van der Waals surface area contributed by atoms with Gasteiger partial charge in [-0.15, -0.1) is 11.8 Å². The molecule has 0 spiro atoms. The van der Waals surface area contributed by atoms with Gasteiger partial charge in [0, 0.05) is 4.90 Å². The first kappa shape index (κ1) is 19.0. The van der Waals surface area contributed by atoms with Crippen molar-refractivity contribution in [2.75, 3.05) is 0 Å². The van der Waals surface area contributed by atoms with Gasteiger partial charge in [-0.05, 0) is 44.2 Å². The molecule has 1 unspecified atom stereocenters. The lowest BCUT2D eigenvalue weighted by molar-refractivity contribution is -0.120. The van der Waals surface area contributed by atoms with E-state index < -0.39 is 16.9 Å². The van der Waals surface area contributed by atoms with E-state index in [0.29, 0.717) is 10.6 Å². The van der Waals surface area contributed by atoms with Crippen molar-refractivity contribution in [3.63, 3.8) is 0 Å². The normalized spacial score (nSPS) is 12.0. The summed E-state index contributed by atoms with van der Waals surface area (Å²) in [6.45, 7) is 3.77. The van der Waals surface area contributed by atoms with Crippen LogP contribution in [-0.2, 0) is 11.3 Å². The number of hydrogen-bond acceptors (Lipinski definition) is 4. The van der Waals surface area contributed by atoms with Crippen molar-refractivity contribution in [1.29, 1.82) is 0 Å². The number of rotatable bonds is 6. The Kier molecular flexibility index (Phi) is 5.85. The minimum absolute atomic E-state index is 0.224. The van der Waals surface area contributed by atoms with E-state index in [2.05, 4.69) is 15.5 Å². The second kappa shape index (κ2) is 8.30. The number of carbonyl (C=O) groups excluding carboxylic acids is 1. The first-order valence-electron chi connectivity index (χ1n) is 8.31. The summed E-state index contributed by atoms with van der Waals surface area (Å²) in [4.78, 5) is 14.3. The number of thioether (sulfide) groups is 1. The van der Waals surface area contributed by atoms with E-state index in [9.17, 15) is 13.6 Å². The standard InChI is InChI=1S/C19H18F2N4OS/c1-12-18(24-25(23-12)14-6-4-3-5-7-14)11-22-19(26)13(2)27-15-8-9-16(20)17(21)10-15/h3-10,13H,11H2,1-2H3,(H,22,26). The second-order valence-electron chi connectivity index (χ2n) is 5.91. The molecule has 140 valence electrons. The van der Waals surface area contributed by atoms with Gasteiger partial charge in [0.1, 0.15) is 5.69 Å². The van der Waals surface area contributed by atoms with Gasteiger partial charge in [0.25, 0.3) is 0 Å². The van der Waals surface area contributed by atoms with Gasteiger partial charge >= 0.3 is 0 Å². The number of amides is 1. The fourth-order valence-electron chi connectivity index (χ4n) is 2.37. The Balaban J connectivity index is 1.60. The predicted molar refractivity (Wildman–Crippen MR) is 99.6 cm³/mol. The molecule has 0 fully saturated rings. The van der Waals surface area contributed by atoms with Crippen molar-refractivity contribution in [3.05, 3.63) is 71.6 Å². The molecule has 0 radical (unpaired) electrons. The number of halogens is 2. The Bertz CT molecular complexity index is 946. The lowest BCUT2D eigenvalue weighted by atomic mass is 10.3. The van der Waals surface area contributed by atoms with Crippen LogP contribution in [0.4, 0.5) is 8.78 Å². The third-order valence-electron chi connectivity index (χ3n) is 3.87. The number of nitrogens with one attached hydrogen (secondary N) is 1. The van der Waals surface area contributed by atoms with Gasteiger partial charge in [0.05, 0.1) is 23.2 Å². The third kappa shape index (κ3) is 4.71. The summed E-state index contributed by atoms with van der Waals surface area (Å²) in [6.07, 6.45) is 0. The summed E-state index contributed by atoms with van der Waals surface area (Å²) in [5.74, 6) is -2.06. The molecule has 0 bridgehead atoms. The van der Waals surface area contributed by atoms with Crippen LogP contribution in [0.15, 0.2) is 53.4 Å². The lowest BCUT2D eigenvalue weighted by Gasteiger charge is -2.11. The van der Waals surface area contributed by atoms with Crippen LogP contribution in [0.25, 0.3) is 5.69 Å². The number of nitrogens with zero attached hydrogens (tertiary/aromatic N) is 3. The average Bonchev–Trinajstić information content (AvgIpc) is 3.04. The summed E-state index contributed by atoms with van der Waals surface area (Å²) >= 11 is 1.16. The van der Waals surface area contributed by atoms with E-state index in [-0.39, 0.29) is 12.5 Å². The predicted octanol–water partition coefficient (Wildman–Crippen LogP) is 3.65. The molecule has 1 atom stereocenters. The van der Waals surface area contributed by atoms with Crippen LogP contribution < -0.4 is 5.32 Å². The van der Waals surface area contributed by atoms with E-state index in [4.69, 9.17) is 0 Å². The zero-order valence-corrected chi connectivity index (χ0v) is 15.6. The first-order chi connectivity index (χ1) is 12.9. The summed E-state index contributed by atoms with van der Waals surface area (Å²) in [5.41, 5.74) is 2.22. The van der Waals surface area contributed by atoms with Crippen molar-refractivity contribution in [2.24, 2.45) is 0 Å². The molecule has 27 heavy (non-hydrogen) atoms. The highest BCUT2D eigenvalue weighted by molar-refractivity contribution is 8.00. The number of carbonyl (C=O) groups is 1. The van der Waals surface area contributed by atoms with Crippen LogP contribution in [0.2, 0.25) is 0 Å². The molecular weight excluding hydrogens is 370 g/mol. The zero-order valence-electron chi connectivity index (χ0n) is 14.8. The Labute approximate surface area is 159 Å². The molecule has 0 saturated carbocycles. The molecule has 3 rings (SSSR count). The van der Waals surface area contributed by atoms with Crippen molar-refractivity contribution in [2.45, 2.75) is 30.5 Å². The molecule has 2 aromatic carbocycles. The van der Waals surface area contributed by atoms with Crippen LogP contribution in [0.3, 0.4) is 0 Å². The Morgan fingerprint density at radius 3 is 2.59 bits per heavy atom. The molecule has 0 saturated heterocycles. The maximum Gasteiger partial charge on any atom is 0.233 e. The maximum absolute atomic E-state index is 13.3. The molecule has 5 nitrogen and oxygen atoms in total. The smallest absolute Gasteiger partial charge is 0.233 e. The van der Waals surface area contributed by atoms with Crippen molar-refractivity contribution in [3.8, 4) is 5.69 Å². The number of aromatic nitrogens is 3. The molecule has 0 aliphatic heterocycles. The van der Waals surface area contributed by atoms with Crippen LogP contribution in [-0.4, -0.2) is 26.2 Å². The summed E-state index contributed by atoms with van der Waals surface area (Å²) in [5, 5.41) is 11.1. The molecule has 1 aromatic heterocycles. The number of para-hydroxylation sites is 1. The monoisotopic (exact) mass is 388 g/mol. The van der Waals surface area contributed by atoms with Crippen LogP contribution in [0.1, 0.15) is 18.3 Å². The molecule has 0 aliphatic carbocycles. The van der Waals surface area contributed by atoms with Crippen LogP contribution in [0, 0.1) is 18.6 Å². The zero-order chi connectivity index (χ0) is 19.4. The highest BCUT2D eigenvalue weighted by Crippen LogP contribution is 2.25. The molecule has 1 N–H and O–H groups in total. The van der Waals surface area contributed by atoms with Gasteiger partial charge in [-0.25, -0.2) is 8.78 Å². The number of aryl methyl sites for hydroxylation is 1. The Hall–Kier alpha value is -2.74. The van der Waals surface area contributed by atoms with Crippen LogP contribution >= 0.6 is 11.8 Å². The van der Waals surface area contributed by atoms with Crippen molar-refractivity contribution >= 4 is 17.7 Å². The largest absolute Gasteiger partial charge is 0.349 e. The van der Waals surface area contributed by atoms with Gasteiger partial charge in [-0.2, -0.15) is 15.0 Å². The molecule has 1 amide bonds. The van der Waals surface area contributed by atoms with Crippen molar-refractivity contribution < 1.29 is 13.6 Å². The van der Waals surface area contributed by atoms with E-state index in [0.717, 1.165) is 35.3 Å². The fraction of sp³-hybridized carbons (Fsp3) is 0.211. The molecular formula is C19H18F2N4OS. The van der Waals surface area contributed by atoms with E-state index in [1.165, 1.54) is 10.9 Å². The second-order valence-corrected chi connectivity index (χ2v) is 7.33. The maximum atomic E-state index is 13.3.